The summed E-state index contributed by atoms with van der Waals surface area (Å²) < 4.78 is 5.27. The Morgan fingerprint density at radius 2 is 1.50 bits per heavy atom. The van der Waals surface area contributed by atoms with Crippen LogP contribution in [0.3, 0.4) is 0 Å². The highest BCUT2D eigenvalue weighted by Crippen LogP contribution is 2.22. The summed E-state index contributed by atoms with van der Waals surface area (Å²) in [7, 11) is 0. The Morgan fingerprint density at radius 1 is 0.929 bits per heavy atom. The smallest absolute Gasteiger partial charge is 0.307 e. The van der Waals surface area contributed by atoms with Crippen LogP contribution >= 0.6 is 0 Å². The van der Waals surface area contributed by atoms with Gasteiger partial charge < -0.3 is 4.74 Å². The molecule has 7 nitrogen and oxygen atoms in total. The zero-order valence-electron chi connectivity index (χ0n) is 15.2. The fraction of sp³-hybridized carbons (Fsp3) is 0.190. The molecule has 0 atom stereocenters. The Hall–Kier alpha value is -3.61. The van der Waals surface area contributed by atoms with Gasteiger partial charge in [0.15, 0.2) is 0 Å². The summed E-state index contributed by atoms with van der Waals surface area (Å²) in [6, 6.07) is 14.1. The van der Waals surface area contributed by atoms with Crippen molar-refractivity contribution in [2.75, 3.05) is 6.54 Å². The number of esters is 1. The number of fused-ring (bicyclic) bond motifs is 2. The Morgan fingerprint density at radius 3 is 2.14 bits per heavy atom. The Labute approximate surface area is 161 Å². The van der Waals surface area contributed by atoms with Gasteiger partial charge in [-0.25, -0.2) is 9.97 Å². The van der Waals surface area contributed by atoms with E-state index in [9.17, 15) is 14.4 Å². The number of carbonyl (C=O) groups is 3. The molecular formula is C21H17N3O4. The first-order valence-corrected chi connectivity index (χ1v) is 8.87. The minimum atomic E-state index is -0.508. The lowest BCUT2D eigenvalue weighted by atomic mass is 10.1. The SMILES string of the molecule is Cc1nc2ccccc2nc1COC(=O)CCN1C(=O)c2ccccc2C1=O. The van der Waals surface area contributed by atoms with E-state index >= 15 is 0 Å². The van der Waals surface area contributed by atoms with Gasteiger partial charge in [-0.1, -0.05) is 24.3 Å². The van der Waals surface area contributed by atoms with Crippen LogP contribution in [0.25, 0.3) is 11.0 Å². The molecule has 0 saturated heterocycles. The quantitative estimate of drug-likeness (QED) is 0.503. The molecule has 1 aliphatic heterocycles. The maximum atomic E-state index is 12.3. The standard InChI is InChI=1S/C21H17N3O4/c1-13-18(23-17-9-5-4-8-16(17)22-13)12-28-19(25)10-11-24-20(26)14-6-2-3-7-15(14)21(24)27/h2-9H,10-12H2,1H3. The van der Waals surface area contributed by atoms with Crippen LogP contribution in [0.2, 0.25) is 0 Å². The first-order chi connectivity index (χ1) is 13.5. The van der Waals surface area contributed by atoms with Crippen molar-refractivity contribution in [3.8, 4) is 0 Å². The highest BCUT2D eigenvalue weighted by Gasteiger charge is 2.35. The summed E-state index contributed by atoms with van der Waals surface area (Å²) in [6.07, 6.45) is -0.0779. The topological polar surface area (TPSA) is 89.5 Å². The molecule has 2 amide bonds. The maximum absolute atomic E-state index is 12.3. The molecule has 3 aromatic rings. The Balaban J connectivity index is 1.36. The summed E-state index contributed by atoms with van der Waals surface area (Å²) in [5, 5.41) is 0. The van der Waals surface area contributed by atoms with Crippen molar-refractivity contribution >= 4 is 28.8 Å². The lowest BCUT2D eigenvalue weighted by molar-refractivity contribution is -0.145. The van der Waals surface area contributed by atoms with Crippen molar-refractivity contribution in [2.24, 2.45) is 0 Å². The molecule has 1 aromatic heterocycles. The van der Waals surface area contributed by atoms with Gasteiger partial charge in [-0.2, -0.15) is 0 Å². The van der Waals surface area contributed by atoms with Crippen LogP contribution in [0.15, 0.2) is 48.5 Å². The molecule has 28 heavy (non-hydrogen) atoms. The summed E-state index contributed by atoms with van der Waals surface area (Å²) in [4.78, 5) is 46.7. The molecule has 0 radical (unpaired) electrons. The van der Waals surface area contributed by atoms with Gasteiger partial charge in [-0.15, -0.1) is 0 Å². The lowest BCUT2D eigenvalue weighted by Crippen LogP contribution is -2.32. The van der Waals surface area contributed by atoms with Crippen molar-refractivity contribution in [3.63, 3.8) is 0 Å². The summed E-state index contributed by atoms with van der Waals surface area (Å²) >= 11 is 0. The third kappa shape index (κ3) is 3.22. The van der Waals surface area contributed by atoms with E-state index in [0.717, 1.165) is 15.9 Å². The van der Waals surface area contributed by atoms with Crippen molar-refractivity contribution < 1.29 is 19.1 Å². The lowest BCUT2D eigenvalue weighted by Gasteiger charge is -2.13. The molecule has 0 N–H and O–H groups in total. The molecule has 0 unspecified atom stereocenters. The van der Waals surface area contributed by atoms with Crippen LogP contribution in [-0.2, 0) is 16.1 Å². The molecule has 1 aliphatic rings. The van der Waals surface area contributed by atoms with Crippen LogP contribution in [0.5, 0.6) is 0 Å². The van der Waals surface area contributed by atoms with Crippen molar-refractivity contribution in [2.45, 2.75) is 20.0 Å². The van der Waals surface area contributed by atoms with Crippen LogP contribution in [0.4, 0.5) is 0 Å². The van der Waals surface area contributed by atoms with E-state index in [0.29, 0.717) is 22.5 Å². The third-order valence-electron chi connectivity index (χ3n) is 4.63. The highest BCUT2D eigenvalue weighted by molar-refractivity contribution is 6.21. The van der Waals surface area contributed by atoms with Gasteiger partial charge in [0.1, 0.15) is 6.61 Å². The molecule has 4 rings (SSSR count). The highest BCUT2D eigenvalue weighted by atomic mass is 16.5. The minimum absolute atomic E-state index is 0.00931. The summed E-state index contributed by atoms with van der Waals surface area (Å²) in [6.45, 7) is 1.78. The Bertz CT molecular complexity index is 1070. The van der Waals surface area contributed by atoms with Crippen LogP contribution in [0.1, 0.15) is 38.5 Å². The molecular weight excluding hydrogens is 358 g/mol. The summed E-state index contributed by atoms with van der Waals surface area (Å²) in [5.74, 6) is -1.28. The number of ether oxygens (including phenoxy) is 1. The number of imide groups is 1. The van der Waals surface area contributed by atoms with E-state index in [1.807, 2.05) is 24.3 Å². The second-order valence-electron chi connectivity index (χ2n) is 6.46. The van der Waals surface area contributed by atoms with Gasteiger partial charge in [-0.05, 0) is 31.2 Å². The monoisotopic (exact) mass is 375 g/mol. The van der Waals surface area contributed by atoms with Gasteiger partial charge in [0.05, 0.1) is 40.0 Å². The molecule has 2 aromatic carbocycles. The zero-order valence-corrected chi connectivity index (χ0v) is 15.2. The normalized spacial score (nSPS) is 13.1. The number of rotatable bonds is 5. The number of amides is 2. The molecule has 0 spiro atoms. The molecule has 0 aliphatic carbocycles. The van der Waals surface area contributed by atoms with Crippen molar-refractivity contribution in [1.29, 1.82) is 0 Å². The predicted molar refractivity (Wildman–Crippen MR) is 100 cm³/mol. The van der Waals surface area contributed by atoms with E-state index in [2.05, 4.69) is 9.97 Å². The zero-order chi connectivity index (χ0) is 19.7. The summed E-state index contributed by atoms with van der Waals surface area (Å²) in [5.41, 5.74) is 3.50. The minimum Gasteiger partial charge on any atom is -0.459 e. The average Bonchev–Trinajstić information content (AvgIpc) is 2.95. The van der Waals surface area contributed by atoms with Crippen LogP contribution < -0.4 is 0 Å². The number of benzene rings is 2. The Kier molecular flexibility index (Phi) is 4.57. The van der Waals surface area contributed by atoms with E-state index in [1.165, 1.54) is 0 Å². The largest absolute Gasteiger partial charge is 0.459 e. The van der Waals surface area contributed by atoms with Crippen molar-refractivity contribution in [3.05, 3.63) is 71.0 Å². The van der Waals surface area contributed by atoms with Crippen LogP contribution in [-0.4, -0.2) is 39.2 Å². The first-order valence-electron chi connectivity index (χ1n) is 8.87. The molecule has 140 valence electrons. The van der Waals surface area contributed by atoms with E-state index in [4.69, 9.17) is 4.74 Å². The van der Waals surface area contributed by atoms with E-state index in [-0.39, 0.29) is 31.4 Å². The number of hydrogen-bond donors (Lipinski definition) is 0. The van der Waals surface area contributed by atoms with Gasteiger partial charge in [0, 0.05) is 6.54 Å². The maximum Gasteiger partial charge on any atom is 0.307 e. The van der Waals surface area contributed by atoms with Crippen LogP contribution in [0, 0.1) is 6.92 Å². The number of aromatic nitrogens is 2. The van der Waals surface area contributed by atoms with Gasteiger partial charge in [-0.3, -0.25) is 19.3 Å². The number of carbonyl (C=O) groups excluding carboxylic acids is 3. The number of aryl methyl sites for hydroxylation is 1. The van der Waals surface area contributed by atoms with Gasteiger partial charge >= 0.3 is 5.97 Å². The van der Waals surface area contributed by atoms with E-state index < -0.39 is 5.97 Å². The molecule has 0 fully saturated rings. The van der Waals surface area contributed by atoms with Gasteiger partial charge in [0.2, 0.25) is 0 Å². The molecule has 0 bridgehead atoms. The molecule has 2 heterocycles. The number of nitrogens with zero attached hydrogens (tertiary/aromatic N) is 3. The second-order valence-corrected chi connectivity index (χ2v) is 6.46. The van der Waals surface area contributed by atoms with Gasteiger partial charge in [0.25, 0.3) is 11.8 Å². The van der Waals surface area contributed by atoms with Crippen molar-refractivity contribution in [1.82, 2.24) is 14.9 Å². The molecule has 0 saturated carbocycles. The fourth-order valence-corrected chi connectivity index (χ4v) is 3.13. The molecule has 7 heteroatoms. The third-order valence-corrected chi connectivity index (χ3v) is 4.63. The first kappa shape index (κ1) is 17.8. The number of hydrogen-bond acceptors (Lipinski definition) is 6. The predicted octanol–water partition coefficient (Wildman–Crippen LogP) is 2.67. The second kappa shape index (κ2) is 7.19. The fourth-order valence-electron chi connectivity index (χ4n) is 3.13. The number of para-hydroxylation sites is 2. The average molecular weight is 375 g/mol. The van der Waals surface area contributed by atoms with E-state index in [1.54, 1.807) is 31.2 Å².